The number of fused-ring (bicyclic) bond motifs is 1. The predicted molar refractivity (Wildman–Crippen MR) is 113 cm³/mol. The number of rotatable bonds is 4. The number of nitrogens with zero attached hydrogens (tertiary/aromatic N) is 1. The van der Waals surface area contributed by atoms with E-state index in [4.69, 9.17) is 15.4 Å². The summed E-state index contributed by atoms with van der Waals surface area (Å²) in [5.41, 5.74) is 1.07. The largest absolute Gasteiger partial charge is 0.495 e. The van der Waals surface area contributed by atoms with E-state index in [1.807, 2.05) is 6.07 Å². The third-order valence-corrected chi connectivity index (χ3v) is 5.57. The van der Waals surface area contributed by atoms with Crippen LogP contribution in [0.3, 0.4) is 0 Å². The molecule has 3 aromatic carbocycles. The van der Waals surface area contributed by atoms with Gasteiger partial charge in [-0.3, -0.25) is 9.36 Å². The van der Waals surface area contributed by atoms with E-state index in [2.05, 4.69) is 0 Å². The minimum Gasteiger partial charge on any atom is -0.495 e. The van der Waals surface area contributed by atoms with Crippen molar-refractivity contribution in [2.24, 2.45) is 0 Å². The fourth-order valence-electron chi connectivity index (χ4n) is 3.28. The summed E-state index contributed by atoms with van der Waals surface area (Å²) in [7, 11) is 8.33. The lowest BCUT2D eigenvalue weighted by Crippen LogP contribution is -2.18. The Kier molecular flexibility index (Phi) is 5.30. The van der Waals surface area contributed by atoms with Gasteiger partial charge in [-0.15, -0.1) is 0 Å². The van der Waals surface area contributed by atoms with E-state index < -0.39 is 11.6 Å². The van der Waals surface area contributed by atoms with Crippen LogP contribution < -0.4 is 10.3 Å². The molecule has 1 heterocycles. The van der Waals surface area contributed by atoms with Crippen LogP contribution in [0.4, 0.5) is 8.78 Å². The highest BCUT2D eigenvalue weighted by Gasteiger charge is 2.17. The van der Waals surface area contributed by atoms with Crippen molar-refractivity contribution < 1.29 is 13.5 Å². The monoisotopic (exact) mass is 429 g/mol. The molecule has 0 amide bonds. The van der Waals surface area contributed by atoms with Gasteiger partial charge < -0.3 is 4.74 Å². The van der Waals surface area contributed by atoms with Crippen LogP contribution in [0.5, 0.6) is 5.75 Å². The van der Waals surface area contributed by atoms with Crippen molar-refractivity contribution in [1.82, 2.24) is 4.57 Å². The number of hydrogen-bond donors (Lipinski definition) is 0. The van der Waals surface area contributed by atoms with E-state index in [1.54, 1.807) is 24.3 Å². The third kappa shape index (κ3) is 3.61. The van der Waals surface area contributed by atoms with Gasteiger partial charge in [0.25, 0.3) is 5.56 Å². The van der Waals surface area contributed by atoms with Crippen molar-refractivity contribution in [3.63, 3.8) is 0 Å². The molecule has 3 nitrogen and oxygen atoms in total. The summed E-state index contributed by atoms with van der Waals surface area (Å²) < 4.78 is 35.4. The van der Waals surface area contributed by atoms with Gasteiger partial charge in [0, 0.05) is 22.6 Å². The number of halogens is 3. The molecule has 0 N–H and O–H groups in total. The second kappa shape index (κ2) is 7.89. The second-order valence-corrected chi connectivity index (χ2v) is 7.41. The lowest BCUT2D eigenvalue weighted by atomic mass is 10.0. The minimum atomic E-state index is -0.594. The van der Waals surface area contributed by atoms with Crippen LogP contribution in [0.2, 0.25) is 0 Å². The molecule has 0 atom stereocenters. The average molecular weight is 430 g/mol. The summed E-state index contributed by atoms with van der Waals surface area (Å²) in [4.78, 5) is 13.5. The van der Waals surface area contributed by atoms with Gasteiger partial charge in [-0.05, 0) is 75.1 Å². The van der Waals surface area contributed by atoms with Crippen LogP contribution in [0.15, 0.2) is 76.4 Å². The Balaban J connectivity index is 1.98. The van der Waals surface area contributed by atoms with Crippen LogP contribution in [-0.4, -0.2) is 11.7 Å². The zero-order valence-electron chi connectivity index (χ0n) is 15.2. The molecule has 146 valence electrons. The molecule has 1 aromatic heterocycles. The van der Waals surface area contributed by atoms with Crippen molar-refractivity contribution >= 4 is 32.6 Å². The molecule has 4 aromatic rings. The van der Waals surface area contributed by atoms with Gasteiger partial charge >= 0.3 is 0 Å². The highest BCUT2D eigenvalue weighted by atomic mass is 35.7. The van der Waals surface area contributed by atoms with Crippen LogP contribution in [-0.2, 0) is 0 Å². The summed E-state index contributed by atoms with van der Waals surface area (Å²) in [6.07, 6.45) is 0. The molecule has 0 saturated heterocycles. The molecule has 7 heteroatoms. The number of aromatic nitrogens is 1. The van der Waals surface area contributed by atoms with Gasteiger partial charge in [0.1, 0.15) is 17.4 Å². The predicted octanol–water partition coefficient (Wildman–Crippen LogP) is 6.19. The van der Waals surface area contributed by atoms with Crippen LogP contribution in [0.1, 0.15) is 0 Å². The molecule has 0 radical (unpaired) electrons. The fraction of sp³-hybridized carbons (Fsp3) is 0.0455. The van der Waals surface area contributed by atoms with Crippen molar-refractivity contribution in [3.05, 3.63) is 88.7 Å². The van der Waals surface area contributed by atoms with Crippen molar-refractivity contribution in [2.45, 2.75) is 4.90 Å². The van der Waals surface area contributed by atoms with E-state index in [9.17, 15) is 9.18 Å². The molecule has 4 rings (SSSR count). The normalized spacial score (nSPS) is 11.0. The summed E-state index contributed by atoms with van der Waals surface area (Å²) >= 11 is 0. The Bertz CT molecular complexity index is 1290. The summed E-state index contributed by atoms with van der Waals surface area (Å²) in [6.45, 7) is 0. The van der Waals surface area contributed by atoms with E-state index >= 15 is 4.39 Å². The fourth-order valence-corrected chi connectivity index (χ4v) is 3.86. The van der Waals surface area contributed by atoms with Gasteiger partial charge in [0.05, 0.1) is 18.3 Å². The zero-order valence-corrected chi connectivity index (χ0v) is 16.7. The maximum Gasteiger partial charge on any atom is 0.255 e. The molecule has 29 heavy (non-hydrogen) atoms. The summed E-state index contributed by atoms with van der Waals surface area (Å²) in [5.74, 6) is -0.775. The topological polar surface area (TPSA) is 31.2 Å². The Morgan fingerprint density at radius 1 is 1.00 bits per heavy atom. The number of benzene rings is 3. The molecule has 0 bridgehead atoms. The SMILES string of the molecule is COc1cc(-c2cccc(F)c2)c(F)cc1-n1c(=O)ccc2cc(SCl)ccc21. The van der Waals surface area contributed by atoms with Crippen molar-refractivity contribution in [2.75, 3.05) is 7.11 Å². The van der Waals surface area contributed by atoms with Crippen LogP contribution in [0, 0.1) is 11.6 Å². The highest BCUT2D eigenvalue weighted by molar-refractivity contribution is 8.21. The molecule has 0 unspecified atom stereocenters. The molecule has 0 saturated carbocycles. The van der Waals surface area contributed by atoms with Gasteiger partial charge in [-0.2, -0.15) is 0 Å². The first kappa shape index (κ1) is 19.5. The first-order valence-corrected chi connectivity index (χ1v) is 10.2. The van der Waals surface area contributed by atoms with Gasteiger partial charge in [0.2, 0.25) is 0 Å². The maximum atomic E-state index is 15.0. The lowest BCUT2D eigenvalue weighted by Gasteiger charge is -2.16. The molecule has 0 aliphatic rings. The Labute approximate surface area is 174 Å². The molecule has 0 spiro atoms. The Morgan fingerprint density at radius 2 is 1.83 bits per heavy atom. The number of pyridine rings is 1. The standard InChI is InChI=1S/C22H14ClF2NO2S/c1-28-21-11-17(13-3-2-4-15(24)9-13)18(25)12-20(21)26-19-7-6-16(29-23)10-14(19)5-8-22(26)27/h2-12H,1H3. The van der Waals surface area contributed by atoms with E-state index in [1.165, 1.54) is 48.1 Å². The highest BCUT2D eigenvalue weighted by Crippen LogP contribution is 2.34. The van der Waals surface area contributed by atoms with Gasteiger partial charge in [-0.1, -0.05) is 12.1 Å². The van der Waals surface area contributed by atoms with Gasteiger partial charge in [-0.25, -0.2) is 8.78 Å². The number of methoxy groups -OCH3 is 1. The smallest absolute Gasteiger partial charge is 0.255 e. The Hall–Kier alpha value is -2.83. The average Bonchev–Trinajstić information content (AvgIpc) is 2.73. The number of ether oxygens (including phenoxy) is 1. The van der Waals surface area contributed by atoms with Gasteiger partial charge in [0.15, 0.2) is 0 Å². The molecular weight excluding hydrogens is 416 g/mol. The zero-order chi connectivity index (χ0) is 20.5. The molecular formula is C22H14ClF2NO2S. The van der Waals surface area contributed by atoms with Crippen LogP contribution >= 0.6 is 21.7 Å². The molecule has 0 aliphatic carbocycles. The third-order valence-electron chi connectivity index (χ3n) is 4.60. The summed E-state index contributed by atoms with van der Waals surface area (Å²) in [5, 5.41) is 0.770. The van der Waals surface area contributed by atoms with Crippen LogP contribution in [0.25, 0.3) is 27.7 Å². The summed E-state index contributed by atoms with van der Waals surface area (Å²) in [6, 6.07) is 16.8. The maximum absolute atomic E-state index is 15.0. The quantitative estimate of drug-likeness (QED) is 0.387. The first-order chi connectivity index (χ1) is 14.0. The Morgan fingerprint density at radius 3 is 2.55 bits per heavy atom. The van der Waals surface area contributed by atoms with Crippen molar-refractivity contribution in [3.8, 4) is 22.6 Å². The molecule has 0 aliphatic heterocycles. The first-order valence-electron chi connectivity index (χ1n) is 8.60. The molecule has 0 fully saturated rings. The second-order valence-electron chi connectivity index (χ2n) is 6.32. The number of hydrogen-bond acceptors (Lipinski definition) is 3. The van der Waals surface area contributed by atoms with E-state index in [0.717, 1.165) is 21.3 Å². The van der Waals surface area contributed by atoms with E-state index in [-0.39, 0.29) is 22.6 Å². The minimum absolute atomic E-state index is 0.180. The lowest BCUT2D eigenvalue weighted by molar-refractivity contribution is 0.412. The van der Waals surface area contributed by atoms with Crippen molar-refractivity contribution in [1.29, 1.82) is 0 Å². The van der Waals surface area contributed by atoms with E-state index in [0.29, 0.717) is 11.1 Å².